The number of hydrogen-bond donors (Lipinski definition) is 0. The number of amides is 1. The third kappa shape index (κ3) is 3.53. The van der Waals surface area contributed by atoms with E-state index in [-0.39, 0.29) is 17.9 Å². The van der Waals surface area contributed by atoms with E-state index in [0.29, 0.717) is 24.7 Å². The minimum absolute atomic E-state index is 0.0493. The van der Waals surface area contributed by atoms with Gasteiger partial charge in [-0.2, -0.15) is 4.98 Å². The Kier molecular flexibility index (Phi) is 4.65. The van der Waals surface area contributed by atoms with Gasteiger partial charge in [0.05, 0.1) is 6.61 Å². The van der Waals surface area contributed by atoms with E-state index in [1.54, 1.807) is 0 Å². The molecular formula is C18H25N3O3. The largest absolute Gasteiger partial charge is 0.381 e. The molecule has 0 radical (unpaired) electrons. The van der Waals surface area contributed by atoms with Gasteiger partial charge in [0.1, 0.15) is 6.04 Å². The second kappa shape index (κ2) is 7.05. The Bertz CT molecular complexity index is 600. The van der Waals surface area contributed by atoms with Gasteiger partial charge in [-0.25, -0.2) is 0 Å². The van der Waals surface area contributed by atoms with E-state index in [1.807, 2.05) is 4.90 Å². The third-order valence-corrected chi connectivity index (χ3v) is 5.18. The van der Waals surface area contributed by atoms with Crippen LogP contribution in [-0.4, -0.2) is 40.7 Å². The number of likely N-dealkylation sites (tertiary alicyclic amines) is 1. The molecule has 3 aliphatic rings. The smallest absolute Gasteiger partial charge is 0.249 e. The van der Waals surface area contributed by atoms with Gasteiger partial charge in [-0.3, -0.25) is 4.79 Å². The van der Waals surface area contributed by atoms with Gasteiger partial charge in [-0.05, 0) is 44.4 Å². The Morgan fingerprint density at radius 2 is 2.12 bits per heavy atom. The van der Waals surface area contributed by atoms with Gasteiger partial charge in [0.15, 0.2) is 5.82 Å². The fourth-order valence-corrected chi connectivity index (χ4v) is 3.54. The van der Waals surface area contributed by atoms with Gasteiger partial charge in [-0.15, -0.1) is 0 Å². The van der Waals surface area contributed by atoms with Crippen molar-refractivity contribution in [1.29, 1.82) is 0 Å². The van der Waals surface area contributed by atoms with Crippen molar-refractivity contribution in [1.82, 2.24) is 15.0 Å². The highest BCUT2D eigenvalue weighted by Gasteiger charge is 2.37. The quantitative estimate of drug-likeness (QED) is 0.567. The topological polar surface area (TPSA) is 68.5 Å². The summed E-state index contributed by atoms with van der Waals surface area (Å²) in [7, 11) is 0. The average molecular weight is 331 g/mol. The zero-order valence-electron chi connectivity index (χ0n) is 14.0. The van der Waals surface area contributed by atoms with E-state index in [0.717, 1.165) is 44.8 Å². The molecule has 1 unspecified atom stereocenters. The van der Waals surface area contributed by atoms with Crippen molar-refractivity contribution in [3.05, 3.63) is 23.9 Å². The maximum Gasteiger partial charge on any atom is 0.249 e. The van der Waals surface area contributed by atoms with Crippen molar-refractivity contribution < 1.29 is 14.1 Å². The van der Waals surface area contributed by atoms with E-state index >= 15 is 0 Å². The van der Waals surface area contributed by atoms with Crippen molar-refractivity contribution in [3.8, 4) is 0 Å². The highest BCUT2D eigenvalue weighted by atomic mass is 16.5. The molecule has 1 aliphatic heterocycles. The Balaban J connectivity index is 1.32. The van der Waals surface area contributed by atoms with Crippen LogP contribution >= 0.6 is 0 Å². The number of allylic oxidation sites excluding steroid dienone is 2. The average Bonchev–Trinajstić information content (AvgIpc) is 3.07. The molecule has 6 heteroatoms. The molecule has 0 aromatic carbocycles. The lowest BCUT2D eigenvalue weighted by Gasteiger charge is -2.24. The minimum atomic E-state index is -0.0493. The molecule has 0 bridgehead atoms. The first-order valence-electron chi connectivity index (χ1n) is 9.17. The summed E-state index contributed by atoms with van der Waals surface area (Å²) in [6, 6.07) is -0.0493. The van der Waals surface area contributed by atoms with Crippen molar-refractivity contribution in [2.24, 2.45) is 11.8 Å². The summed E-state index contributed by atoms with van der Waals surface area (Å²) in [5, 5.41) is 4.07. The Hall–Kier alpha value is -1.69. The first kappa shape index (κ1) is 15.8. The predicted octanol–water partition coefficient (Wildman–Crippen LogP) is 2.67. The minimum Gasteiger partial charge on any atom is -0.381 e. The lowest BCUT2D eigenvalue weighted by Crippen LogP contribution is -2.35. The summed E-state index contributed by atoms with van der Waals surface area (Å²) in [5.41, 5.74) is 0. The van der Waals surface area contributed by atoms with Crippen molar-refractivity contribution in [3.63, 3.8) is 0 Å². The standard InChI is InChI=1S/C18H25N3O3/c22-18(14-4-1-2-5-14)21-10-3-6-15(21)17-19-16(20-24-17)9-11-23-12-13-7-8-13/h1-2,13-15H,3-12H2. The Labute approximate surface area is 142 Å². The highest BCUT2D eigenvalue weighted by Crippen LogP contribution is 2.34. The number of carbonyl (C=O) groups excluding carboxylic acids is 1. The Morgan fingerprint density at radius 1 is 1.29 bits per heavy atom. The number of nitrogens with zero attached hydrogens (tertiary/aromatic N) is 3. The van der Waals surface area contributed by atoms with Crippen molar-refractivity contribution >= 4 is 5.91 Å². The number of aromatic nitrogens is 2. The van der Waals surface area contributed by atoms with Crippen LogP contribution in [0.4, 0.5) is 0 Å². The first-order valence-corrected chi connectivity index (χ1v) is 9.17. The monoisotopic (exact) mass is 331 g/mol. The molecule has 1 aromatic rings. The van der Waals surface area contributed by atoms with Crippen LogP contribution in [0.3, 0.4) is 0 Å². The molecule has 1 amide bonds. The highest BCUT2D eigenvalue weighted by molar-refractivity contribution is 5.80. The molecule has 2 heterocycles. The second-order valence-corrected chi connectivity index (χ2v) is 7.15. The van der Waals surface area contributed by atoms with Gasteiger partial charge in [0.2, 0.25) is 11.8 Å². The second-order valence-electron chi connectivity index (χ2n) is 7.15. The lowest BCUT2D eigenvalue weighted by molar-refractivity contribution is -0.136. The molecule has 24 heavy (non-hydrogen) atoms. The van der Waals surface area contributed by atoms with Crippen LogP contribution in [0.2, 0.25) is 0 Å². The van der Waals surface area contributed by atoms with Crippen molar-refractivity contribution in [2.45, 2.75) is 51.0 Å². The van der Waals surface area contributed by atoms with Crippen LogP contribution in [-0.2, 0) is 16.0 Å². The molecular weight excluding hydrogens is 306 g/mol. The van der Waals surface area contributed by atoms with Gasteiger partial charge >= 0.3 is 0 Å². The fourth-order valence-electron chi connectivity index (χ4n) is 3.54. The molecule has 1 atom stereocenters. The zero-order valence-corrected chi connectivity index (χ0v) is 14.0. The van der Waals surface area contributed by atoms with E-state index < -0.39 is 0 Å². The third-order valence-electron chi connectivity index (χ3n) is 5.18. The van der Waals surface area contributed by atoms with Gasteiger partial charge < -0.3 is 14.2 Å². The zero-order chi connectivity index (χ0) is 16.4. The molecule has 2 fully saturated rings. The van der Waals surface area contributed by atoms with Crippen LogP contribution in [0.15, 0.2) is 16.7 Å². The van der Waals surface area contributed by atoms with Crippen LogP contribution < -0.4 is 0 Å². The number of hydrogen-bond acceptors (Lipinski definition) is 5. The van der Waals surface area contributed by atoms with Crippen LogP contribution in [0.25, 0.3) is 0 Å². The SMILES string of the molecule is O=C(C1CC=CC1)N1CCCC1c1nc(CCOCC2CC2)no1. The molecule has 1 saturated heterocycles. The molecule has 0 spiro atoms. The number of ether oxygens (including phenoxy) is 1. The summed E-state index contributed by atoms with van der Waals surface area (Å²) in [6.45, 7) is 2.28. The number of carbonyl (C=O) groups is 1. The first-order chi connectivity index (χ1) is 11.8. The molecule has 2 aliphatic carbocycles. The molecule has 0 N–H and O–H groups in total. The normalized spacial score (nSPS) is 24.2. The molecule has 1 saturated carbocycles. The number of rotatable bonds is 7. The van der Waals surface area contributed by atoms with Crippen LogP contribution in [0.1, 0.15) is 56.3 Å². The summed E-state index contributed by atoms with van der Waals surface area (Å²) < 4.78 is 11.1. The maximum atomic E-state index is 12.7. The lowest BCUT2D eigenvalue weighted by atomic mass is 10.1. The van der Waals surface area contributed by atoms with E-state index in [9.17, 15) is 4.79 Å². The molecule has 130 valence electrons. The summed E-state index contributed by atoms with van der Waals surface area (Å²) >= 11 is 0. The molecule has 6 nitrogen and oxygen atoms in total. The molecule has 4 rings (SSSR count). The van der Waals surface area contributed by atoms with E-state index in [1.165, 1.54) is 12.8 Å². The van der Waals surface area contributed by atoms with Gasteiger partial charge in [0.25, 0.3) is 0 Å². The van der Waals surface area contributed by atoms with E-state index in [2.05, 4.69) is 22.3 Å². The van der Waals surface area contributed by atoms with Gasteiger partial charge in [-0.1, -0.05) is 17.3 Å². The van der Waals surface area contributed by atoms with Crippen LogP contribution in [0, 0.1) is 11.8 Å². The van der Waals surface area contributed by atoms with Gasteiger partial charge in [0, 0.05) is 25.5 Å². The van der Waals surface area contributed by atoms with E-state index in [4.69, 9.17) is 9.26 Å². The predicted molar refractivity (Wildman–Crippen MR) is 87.1 cm³/mol. The maximum absolute atomic E-state index is 12.7. The summed E-state index contributed by atoms with van der Waals surface area (Å²) in [4.78, 5) is 19.2. The fraction of sp³-hybridized carbons (Fsp3) is 0.722. The summed E-state index contributed by atoms with van der Waals surface area (Å²) in [5.74, 6) is 2.37. The van der Waals surface area contributed by atoms with Crippen LogP contribution in [0.5, 0.6) is 0 Å². The Morgan fingerprint density at radius 3 is 2.92 bits per heavy atom. The summed E-state index contributed by atoms with van der Waals surface area (Å²) in [6.07, 6.45) is 11.1. The molecule has 1 aromatic heterocycles. The van der Waals surface area contributed by atoms with Crippen molar-refractivity contribution in [2.75, 3.05) is 19.8 Å².